The van der Waals surface area contributed by atoms with E-state index in [9.17, 15) is 0 Å². The Hall–Kier alpha value is 2.36. The van der Waals surface area contributed by atoms with Crippen molar-refractivity contribution in [3.05, 3.63) is 11.1 Å². The predicted octanol–water partition coefficient (Wildman–Crippen LogP) is 5.08. The highest BCUT2D eigenvalue weighted by atomic mass is 127. The first-order valence-corrected chi connectivity index (χ1v) is 9.87. The van der Waals surface area contributed by atoms with Gasteiger partial charge in [0.15, 0.2) is 0 Å². The molecule has 0 nitrogen and oxygen atoms in total. The van der Waals surface area contributed by atoms with E-state index in [0.717, 1.165) is 0 Å². The van der Waals surface area contributed by atoms with Crippen LogP contribution in [0.15, 0.2) is 11.1 Å². The van der Waals surface area contributed by atoms with E-state index in [1.807, 2.05) is 0 Å². The molecule has 0 aromatic heterocycles. The Bertz CT molecular complexity index is 198. The molecule has 1 aliphatic rings. The van der Waals surface area contributed by atoms with E-state index < -0.39 is 0 Å². The van der Waals surface area contributed by atoms with Gasteiger partial charge in [0.05, 0.1) is 0 Å². The van der Waals surface area contributed by atoms with Crippen molar-refractivity contribution in [2.45, 2.75) is 21.4 Å². The van der Waals surface area contributed by atoms with Gasteiger partial charge in [-0.3, -0.25) is 0 Å². The fourth-order valence-electron chi connectivity index (χ4n) is 1.01. The van der Waals surface area contributed by atoms with Gasteiger partial charge in [-0.05, 0) is 32.0 Å². The average Bonchev–Trinajstić information content (AvgIpc) is 1.83. The minimum Gasteiger partial charge on any atom is -0.0715 e. The Morgan fingerprint density at radius 1 is 1.27 bits per heavy atom. The number of allylic oxidation sites excluding steroid dienone is 2. The quantitative estimate of drug-likeness (QED) is 0.186. The molecule has 0 aliphatic carbocycles. The van der Waals surface area contributed by atoms with Crippen molar-refractivity contribution in [1.29, 1.82) is 0 Å². The molecule has 1 aliphatic heterocycles. The van der Waals surface area contributed by atoms with Gasteiger partial charge in [-0.2, -0.15) is 0 Å². The highest BCUT2D eigenvalue weighted by Gasteiger charge is 2.35. The molecular weight excluding hydrogens is 496 g/mol. The summed E-state index contributed by atoms with van der Waals surface area (Å²) in [7, 11) is 0. The maximum absolute atomic E-state index is 2.64. The van der Waals surface area contributed by atoms with Crippen molar-refractivity contribution in [1.82, 2.24) is 0 Å². The zero-order valence-electron chi connectivity index (χ0n) is 6.50. The Balaban J connectivity index is 2.84. The van der Waals surface area contributed by atoms with E-state index in [1.165, 1.54) is 12.6 Å². The van der Waals surface area contributed by atoms with E-state index in [1.54, 1.807) is 11.1 Å². The Kier molecular flexibility index (Phi) is 4.42. The lowest BCUT2D eigenvalue weighted by Crippen LogP contribution is -2.14. The van der Waals surface area contributed by atoms with Gasteiger partial charge in [-0.1, -0.05) is 78.4 Å². The van der Waals surface area contributed by atoms with Crippen LogP contribution in [0.4, 0.5) is 0 Å². The molecule has 1 heterocycles. The third kappa shape index (κ3) is 2.91. The summed E-state index contributed by atoms with van der Waals surface area (Å²) in [5.41, 5.74) is 3.43. The molecule has 4 heteroatoms. The summed E-state index contributed by atoms with van der Waals surface area (Å²) >= 11 is 7.87. The van der Waals surface area contributed by atoms with Gasteiger partial charge in [0.1, 0.15) is 1.17 Å². The molecule has 0 saturated carbocycles. The van der Waals surface area contributed by atoms with E-state index in [0.29, 0.717) is 1.17 Å². The first kappa shape index (κ1) is 11.4. The Morgan fingerprint density at radius 2 is 1.82 bits per heavy atom. The summed E-state index contributed by atoms with van der Waals surface area (Å²) in [6.45, 7) is 4.56. The highest BCUT2D eigenvalue weighted by Crippen LogP contribution is 2.69. The van der Waals surface area contributed by atoms with Crippen molar-refractivity contribution in [2.75, 3.05) is 6.16 Å². The number of hydrogen-bond acceptors (Lipinski definition) is 0. The second-order valence-corrected chi connectivity index (χ2v) is 15.7. The standard InChI is InChI=1S/C7H10I3P/c1-5-3-7(8,9)11(10)4-6(5)2/h3-4H2,1-2H3. The third-order valence-corrected chi connectivity index (χ3v) is 16.8. The molecule has 0 saturated heterocycles. The minimum absolute atomic E-state index is 0.185. The second-order valence-electron chi connectivity index (χ2n) is 2.92. The van der Waals surface area contributed by atoms with Crippen LogP contribution in [0.5, 0.6) is 0 Å². The first-order chi connectivity index (χ1) is 4.93. The van der Waals surface area contributed by atoms with Crippen LogP contribution in [0.3, 0.4) is 0 Å². The molecule has 0 N–H and O–H groups in total. The van der Waals surface area contributed by atoms with Crippen molar-refractivity contribution in [2.24, 2.45) is 0 Å². The van der Waals surface area contributed by atoms with Gasteiger partial charge in [-0.25, -0.2) is 0 Å². The summed E-state index contributed by atoms with van der Waals surface area (Å²) < 4.78 is 0.523. The topological polar surface area (TPSA) is 0 Å². The molecular formula is C7H10I3P. The maximum atomic E-state index is 2.64. The lowest BCUT2D eigenvalue weighted by molar-refractivity contribution is 1.01. The van der Waals surface area contributed by atoms with E-state index in [2.05, 4.69) is 81.1 Å². The van der Waals surface area contributed by atoms with Gasteiger partial charge in [-0.15, -0.1) is 0 Å². The van der Waals surface area contributed by atoms with Crippen LogP contribution in [-0.4, -0.2) is 7.33 Å². The normalized spacial score (nSPS) is 30.8. The number of rotatable bonds is 0. The average molecular weight is 506 g/mol. The molecule has 1 rings (SSSR count). The molecule has 0 spiro atoms. The molecule has 0 radical (unpaired) electrons. The molecule has 64 valence electrons. The summed E-state index contributed by atoms with van der Waals surface area (Å²) in [6.07, 6.45) is 2.63. The zero-order chi connectivity index (χ0) is 8.65. The SMILES string of the molecule is CC1=C(C)CC(I)(I)P(I)C1. The van der Waals surface area contributed by atoms with Gasteiger partial charge in [0.2, 0.25) is 0 Å². The molecule has 0 fully saturated rings. The van der Waals surface area contributed by atoms with Gasteiger partial charge in [0.25, 0.3) is 0 Å². The van der Waals surface area contributed by atoms with Crippen LogP contribution in [0.2, 0.25) is 0 Å². The highest BCUT2D eigenvalue weighted by molar-refractivity contribution is 14.2. The molecule has 0 aromatic rings. The maximum Gasteiger partial charge on any atom is 0.106 e. The van der Waals surface area contributed by atoms with E-state index in [-0.39, 0.29) is 5.56 Å². The summed E-state index contributed by atoms with van der Waals surface area (Å²) in [4.78, 5) is 0. The molecule has 11 heavy (non-hydrogen) atoms. The van der Waals surface area contributed by atoms with Crippen molar-refractivity contribution in [3.8, 4) is 0 Å². The summed E-state index contributed by atoms with van der Waals surface area (Å²) in [5, 5.41) is 0. The lowest BCUT2D eigenvalue weighted by atomic mass is 10.1. The van der Waals surface area contributed by atoms with Gasteiger partial charge >= 0.3 is 0 Å². The molecule has 0 bridgehead atoms. The molecule has 1 unspecified atom stereocenters. The minimum atomic E-state index is 0.185. The van der Waals surface area contributed by atoms with Crippen molar-refractivity contribution < 1.29 is 0 Å². The molecule has 1 atom stereocenters. The number of halogens is 3. The van der Waals surface area contributed by atoms with Gasteiger partial charge in [0, 0.05) is 0 Å². The zero-order valence-corrected chi connectivity index (χ0v) is 13.9. The number of hydrogen-bond donors (Lipinski definition) is 0. The van der Waals surface area contributed by atoms with E-state index in [4.69, 9.17) is 0 Å². The van der Waals surface area contributed by atoms with Crippen LogP contribution in [0.1, 0.15) is 20.3 Å². The fraction of sp³-hybridized carbons (Fsp3) is 0.714. The molecule has 0 aromatic carbocycles. The number of alkyl halides is 2. The summed E-state index contributed by atoms with van der Waals surface area (Å²) in [5.74, 6) is 0. The lowest BCUT2D eigenvalue weighted by Gasteiger charge is -2.33. The van der Waals surface area contributed by atoms with E-state index >= 15 is 0 Å². The predicted molar refractivity (Wildman–Crippen MR) is 79.6 cm³/mol. The molecule has 0 amide bonds. The van der Waals surface area contributed by atoms with Crippen molar-refractivity contribution >= 4 is 72.8 Å². The van der Waals surface area contributed by atoms with Crippen LogP contribution in [0.25, 0.3) is 0 Å². The van der Waals surface area contributed by atoms with Crippen LogP contribution < -0.4 is 0 Å². The monoisotopic (exact) mass is 506 g/mol. The largest absolute Gasteiger partial charge is 0.106 e. The third-order valence-electron chi connectivity index (χ3n) is 1.94. The first-order valence-electron chi connectivity index (χ1n) is 3.40. The summed E-state index contributed by atoms with van der Waals surface area (Å²) in [6, 6.07) is 0. The van der Waals surface area contributed by atoms with Crippen LogP contribution >= 0.6 is 72.8 Å². The van der Waals surface area contributed by atoms with Crippen molar-refractivity contribution in [3.63, 3.8) is 0 Å². The Morgan fingerprint density at radius 3 is 2.27 bits per heavy atom. The fourth-order valence-corrected chi connectivity index (χ4v) is 6.56. The Labute approximate surface area is 110 Å². The smallest absolute Gasteiger partial charge is 0.0715 e. The van der Waals surface area contributed by atoms with Crippen LogP contribution in [-0.2, 0) is 0 Å². The van der Waals surface area contributed by atoms with Crippen LogP contribution in [0, 0.1) is 0 Å². The van der Waals surface area contributed by atoms with Gasteiger partial charge < -0.3 is 0 Å². The second kappa shape index (κ2) is 4.26.